The number of aromatic nitrogens is 7. The van der Waals surface area contributed by atoms with Gasteiger partial charge < -0.3 is 20.7 Å². The standard InChI is InChI=1S/C20H18F3N9O3/c1-10(9-33)32-6-14(13-5-26-19(24)28-18(13)32)17(35)11-2-12(4-25-3-11)27-16(34)8-31-7-15(29-30-31)20(21,22)23/h2-7,10,33H,8-9H2,1H3,(H,27,34)(H2,24,26,28). The van der Waals surface area contributed by atoms with Crippen LogP contribution in [0.2, 0.25) is 0 Å². The van der Waals surface area contributed by atoms with Gasteiger partial charge >= 0.3 is 6.18 Å². The minimum Gasteiger partial charge on any atom is -0.394 e. The molecular formula is C20H18F3N9O3. The number of rotatable bonds is 7. The number of anilines is 2. The van der Waals surface area contributed by atoms with Crippen LogP contribution in [-0.2, 0) is 17.5 Å². The molecule has 0 radical (unpaired) electrons. The average Bonchev–Trinajstić information content (AvgIpc) is 3.43. The molecule has 0 saturated carbocycles. The number of halogens is 3. The van der Waals surface area contributed by atoms with Gasteiger partial charge in [0.2, 0.25) is 11.9 Å². The van der Waals surface area contributed by atoms with Crippen LogP contribution in [0.1, 0.15) is 34.6 Å². The number of carbonyl (C=O) groups excluding carboxylic acids is 2. The summed E-state index contributed by atoms with van der Waals surface area (Å²) < 4.78 is 40.3. The Labute approximate surface area is 194 Å². The Balaban J connectivity index is 1.56. The van der Waals surface area contributed by atoms with Crippen molar-refractivity contribution in [2.75, 3.05) is 17.7 Å². The van der Waals surface area contributed by atoms with Crippen LogP contribution in [0.15, 0.2) is 37.1 Å². The smallest absolute Gasteiger partial charge is 0.394 e. The molecule has 12 nitrogen and oxygen atoms in total. The van der Waals surface area contributed by atoms with Gasteiger partial charge in [-0.15, -0.1) is 5.10 Å². The molecule has 0 spiro atoms. The van der Waals surface area contributed by atoms with Crippen molar-refractivity contribution < 1.29 is 27.9 Å². The predicted octanol–water partition coefficient (Wildman–Crippen LogP) is 1.44. The molecule has 4 rings (SSSR count). The van der Waals surface area contributed by atoms with E-state index in [0.29, 0.717) is 17.2 Å². The van der Waals surface area contributed by atoms with Crippen LogP contribution in [0.4, 0.5) is 24.8 Å². The summed E-state index contributed by atoms with van der Waals surface area (Å²) >= 11 is 0. The number of amides is 1. The van der Waals surface area contributed by atoms with Crippen molar-refractivity contribution in [3.05, 3.63) is 53.9 Å². The number of hydrogen-bond donors (Lipinski definition) is 3. The van der Waals surface area contributed by atoms with Crippen LogP contribution in [0.25, 0.3) is 11.0 Å². The van der Waals surface area contributed by atoms with Crippen LogP contribution >= 0.6 is 0 Å². The van der Waals surface area contributed by atoms with Crippen LogP contribution < -0.4 is 11.1 Å². The monoisotopic (exact) mass is 489 g/mol. The van der Waals surface area contributed by atoms with Crippen LogP contribution in [-0.4, -0.2) is 57.9 Å². The SMILES string of the molecule is CC(CO)n1cc(C(=O)c2cncc(NC(=O)Cn3cc(C(F)(F)F)nn3)c2)c2cnc(N)nc21. The lowest BCUT2D eigenvalue weighted by Crippen LogP contribution is -2.19. The third-order valence-electron chi connectivity index (χ3n) is 4.99. The third-order valence-corrected chi connectivity index (χ3v) is 4.99. The van der Waals surface area contributed by atoms with Crippen molar-refractivity contribution in [3.8, 4) is 0 Å². The maximum atomic E-state index is 13.3. The van der Waals surface area contributed by atoms with E-state index in [1.165, 1.54) is 30.9 Å². The van der Waals surface area contributed by atoms with Crippen LogP contribution in [0.3, 0.4) is 0 Å². The Hall–Kier alpha value is -4.40. The number of nitrogens with one attached hydrogen (secondary N) is 1. The zero-order chi connectivity index (χ0) is 25.3. The van der Waals surface area contributed by atoms with Crippen molar-refractivity contribution >= 4 is 34.4 Å². The van der Waals surface area contributed by atoms with E-state index >= 15 is 0 Å². The van der Waals surface area contributed by atoms with Crippen molar-refractivity contribution in [1.82, 2.24) is 34.5 Å². The molecule has 4 heterocycles. The number of aliphatic hydroxyl groups is 1. The molecule has 1 amide bonds. The largest absolute Gasteiger partial charge is 0.436 e. The normalized spacial score (nSPS) is 12.6. The summed E-state index contributed by atoms with van der Waals surface area (Å²) in [6, 6.07) is 0.971. The van der Waals surface area contributed by atoms with E-state index in [9.17, 15) is 27.9 Å². The third kappa shape index (κ3) is 4.93. The van der Waals surface area contributed by atoms with Gasteiger partial charge in [0.05, 0.1) is 36.3 Å². The lowest BCUT2D eigenvalue weighted by atomic mass is 10.1. The Kier molecular flexibility index (Phi) is 6.17. The lowest BCUT2D eigenvalue weighted by Gasteiger charge is -2.10. The molecule has 1 unspecified atom stereocenters. The fourth-order valence-electron chi connectivity index (χ4n) is 3.29. The van der Waals surface area contributed by atoms with Gasteiger partial charge in [0.15, 0.2) is 11.5 Å². The molecule has 0 saturated heterocycles. The first-order valence-corrected chi connectivity index (χ1v) is 10.1. The molecule has 35 heavy (non-hydrogen) atoms. The van der Waals surface area contributed by atoms with Crippen LogP contribution in [0, 0.1) is 0 Å². The molecule has 0 aliphatic rings. The number of nitrogen functional groups attached to an aromatic ring is 1. The summed E-state index contributed by atoms with van der Waals surface area (Å²) in [5, 5.41) is 18.7. The van der Waals surface area contributed by atoms with Crippen molar-refractivity contribution in [1.29, 1.82) is 0 Å². The molecule has 0 aliphatic heterocycles. The van der Waals surface area contributed by atoms with E-state index < -0.39 is 36.1 Å². The highest BCUT2D eigenvalue weighted by Crippen LogP contribution is 2.27. The molecule has 182 valence electrons. The number of nitrogens with zero attached hydrogens (tertiary/aromatic N) is 7. The predicted molar refractivity (Wildman–Crippen MR) is 115 cm³/mol. The first-order chi connectivity index (χ1) is 16.6. The molecule has 4 aromatic rings. The highest BCUT2D eigenvalue weighted by molar-refractivity contribution is 6.16. The fraction of sp³-hybridized carbons (Fsp3) is 0.250. The maximum Gasteiger partial charge on any atom is 0.436 e. The molecule has 15 heteroatoms. The Morgan fingerprint density at radius 1 is 1.23 bits per heavy atom. The number of carbonyl (C=O) groups is 2. The Morgan fingerprint density at radius 3 is 2.69 bits per heavy atom. The molecule has 4 aromatic heterocycles. The van der Waals surface area contributed by atoms with Gasteiger partial charge in [0.25, 0.3) is 0 Å². The van der Waals surface area contributed by atoms with E-state index in [2.05, 4.69) is 30.6 Å². The van der Waals surface area contributed by atoms with Gasteiger partial charge in [-0.3, -0.25) is 14.6 Å². The van der Waals surface area contributed by atoms with Gasteiger partial charge in [-0.2, -0.15) is 18.2 Å². The first-order valence-electron chi connectivity index (χ1n) is 10.1. The molecule has 1 atom stereocenters. The maximum absolute atomic E-state index is 13.3. The number of hydrogen-bond acceptors (Lipinski definition) is 9. The topological polar surface area (TPSA) is 167 Å². The zero-order valence-corrected chi connectivity index (χ0v) is 18.1. The summed E-state index contributed by atoms with van der Waals surface area (Å²) in [7, 11) is 0. The number of nitrogens with two attached hydrogens (primary N) is 1. The van der Waals surface area contributed by atoms with Crippen molar-refractivity contribution in [3.63, 3.8) is 0 Å². The molecule has 0 aromatic carbocycles. The van der Waals surface area contributed by atoms with E-state index in [1.54, 1.807) is 11.5 Å². The van der Waals surface area contributed by atoms with Gasteiger partial charge in [0, 0.05) is 29.5 Å². The van der Waals surface area contributed by atoms with E-state index in [-0.39, 0.29) is 29.4 Å². The summed E-state index contributed by atoms with van der Waals surface area (Å²) in [4.78, 5) is 37.6. The number of alkyl halides is 3. The summed E-state index contributed by atoms with van der Waals surface area (Å²) in [5.74, 6) is -1.16. The molecule has 0 bridgehead atoms. The quantitative estimate of drug-likeness (QED) is 0.326. The van der Waals surface area contributed by atoms with Gasteiger partial charge in [0.1, 0.15) is 12.2 Å². The van der Waals surface area contributed by atoms with Gasteiger partial charge in [-0.25, -0.2) is 9.67 Å². The molecule has 0 aliphatic carbocycles. The highest BCUT2D eigenvalue weighted by atomic mass is 19.4. The average molecular weight is 489 g/mol. The number of pyridine rings is 1. The molecule has 0 fully saturated rings. The second-order valence-corrected chi connectivity index (χ2v) is 7.59. The van der Waals surface area contributed by atoms with Gasteiger partial charge in [-0.05, 0) is 13.0 Å². The number of fused-ring (bicyclic) bond motifs is 1. The van der Waals surface area contributed by atoms with E-state index in [1.807, 2.05) is 0 Å². The summed E-state index contributed by atoms with van der Waals surface area (Å²) in [6.45, 7) is 0.990. The lowest BCUT2D eigenvalue weighted by molar-refractivity contribution is -0.141. The van der Waals surface area contributed by atoms with Crippen molar-refractivity contribution in [2.45, 2.75) is 25.7 Å². The van der Waals surface area contributed by atoms with E-state index in [4.69, 9.17) is 5.73 Å². The first kappa shape index (κ1) is 23.7. The summed E-state index contributed by atoms with van der Waals surface area (Å²) in [6.07, 6.45) is 1.42. The van der Waals surface area contributed by atoms with Crippen molar-refractivity contribution in [2.24, 2.45) is 0 Å². The van der Waals surface area contributed by atoms with Crippen LogP contribution in [0.5, 0.6) is 0 Å². The second kappa shape index (κ2) is 9.09. The number of aliphatic hydroxyl groups excluding tert-OH is 1. The number of ketones is 1. The fourth-order valence-corrected chi connectivity index (χ4v) is 3.29. The van der Waals surface area contributed by atoms with E-state index in [0.717, 1.165) is 4.68 Å². The summed E-state index contributed by atoms with van der Waals surface area (Å²) in [5.41, 5.74) is 5.31. The Morgan fingerprint density at radius 2 is 2.00 bits per heavy atom. The van der Waals surface area contributed by atoms with Gasteiger partial charge in [-0.1, -0.05) is 5.21 Å². The highest BCUT2D eigenvalue weighted by Gasteiger charge is 2.34. The minimum atomic E-state index is -4.68. The minimum absolute atomic E-state index is 0.00195. The zero-order valence-electron chi connectivity index (χ0n) is 18.1. The Bertz CT molecular complexity index is 1410. The molecular weight excluding hydrogens is 471 g/mol. The molecule has 4 N–H and O–H groups in total. The second-order valence-electron chi connectivity index (χ2n) is 7.59.